The lowest BCUT2D eigenvalue weighted by atomic mass is 9.53. The second-order valence-corrected chi connectivity index (χ2v) is 14.7. The average Bonchev–Trinajstić information content (AvgIpc) is 3.69. The van der Waals surface area contributed by atoms with Crippen LogP contribution in [-0.2, 0) is 6.54 Å². The number of rotatable bonds is 7. The fraction of sp³-hybridized carbons (Fsp3) is 0.351. The molecule has 2 aromatic heterocycles. The highest BCUT2D eigenvalue weighted by Gasteiger charge is 2.61. The number of amides is 2. The Morgan fingerprint density at radius 3 is 2.53 bits per heavy atom. The maximum absolute atomic E-state index is 14.7. The Labute approximate surface area is 264 Å². The van der Waals surface area contributed by atoms with Gasteiger partial charge < -0.3 is 19.9 Å². The van der Waals surface area contributed by atoms with E-state index >= 15 is 0 Å². The first-order chi connectivity index (χ1) is 21.8. The number of nitrogens with zero attached hydrogens (tertiary/aromatic N) is 2. The molecule has 5 aromatic rings. The molecular weight excluding hydrogens is 585 g/mol. The van der Waals surface area contributed by atoms with Crippen molar-refractivity contribution in [1.82, 2.24) is 9.47 Å². The first-order valence-electron chi connectivity index (χ1n) is 15.9. The van der Waals surface area contributed by atoms with Gasteiger partial charge in [-0.2, -0.15) is 0 Å². The standard InChI is InChI=1S/C37H34FN3O3S/c1-18-33-31(44-2)14-24(37(43)41-17-25-9-23-13-29(41)34(23)25)15-32(33)45-35(18)30-12-22-6-5-21(11-28(22)40(30)16-19-3-4-19)20-7-8-26(36(39)42)27(38)10-20/h5-8,10-12,14-15,19,23,25,29,34H,3-4,9,13,16-17H2,1-2H3,(H2,39,42)/t23?,25?,29?,34-/m1/s1. The van der Waals surface area contributed by atoms with Gasteiger partial charge in [0.2, 0.25) is 0 Å². The number of ether oxygens (including phenoxy) is 1. The number of aryl methyl sites for hydroxylation is 1. The van der Waals surface area contributed by atoms with E-state index in [-0.39, 0.29) is 11.5 Å². The quantitative estimate of drug-likeness (QED) is 0.203. The monoisotopic (exact) mass is 619 g/mol. The Morgan fingerprint density at radius 1 is 1.02 bits per heavy atom. The van der Waals surface area contributed by atoms with Crippen LogP contribution >= 0.6 is 11.3 Å². The fourth-order valence-corrected chi connectivity index (χ4v) is 9.80. The van der Waals surface area contributed by atoms with E-state index in [4.69, 9.17) is 10.5 Å². The first kappa shape index (κ1) is 27.2. The SMILES string of the molecule is COc1cc(C(=O)N2CC3CC4CC2[C@H]43)cc2sc(-c3cc4ccc(-c5ccc(C(N)=O)c(F)c5)cc4n3CC3CC3)c(C)c12. The number of hydrogen-bond donors (Lipinski definition) is 1. The van der Waals surface area contributed by atoms with E-state index in [2.05, 4.69) is 40.7 Å². The molecule has 3 saturated carbocycles. The molecule has 3 unspecified atom stereocenters. The van der Waals surface area contributed by atoms with Crippen LogP contribution in [0.3, 0.4) is 0 Å². The molecular formula is C37H34FN3O3S. The number of likely N-dealkylation sites (tertiary alicyclic amines) is 1. The van der Waals surface area contributed by atoms with E-state index in [1.165, 1.54) is 36.3 Å². The summed E-state index contributed by atoms with van der Waals surface area (Å²) in [5.74, 6) is 2.40. The van der Waals surface area contributed by atoms with Gasteiger partial charge in [0.25, 0.3) is 11.8 Å². The number of methoxy groups -OCH3 is 1. The highest BCUT2D eigenvalue weighted by atomic mass is 32.1. The minimum Gasteiger partial charge on any atom is -0.496 e. The molecule has 45 heavy (non-hydrogen) atoms. The van der Waals surface area contributed by atoms with Crippen LogP contribution in [0.2, 0.25) is 0 Å². The van der Waals surface area contributed by atoms with Gasteiger partial charge in [0, 0.05) is 45.7 Å². The van der Waals surface area contributed by atoms with Crippen molar-refractivity contribution in [2.24, 2.45) is 29.4 Å². The van der Waals surface area contributed by atoms with Crippen LogP contribution in [-0.4, -0.2) is 41.0 Å². The third kappa shape index (κ3) is 4.04. The summed E-state index contributed by atoms with van der Waals surface area (Å²) in [5.41, 5.74) is 10.9. The Balaban J connectivity index is 1.14. The molecule has 6 nitrogen and oxygen atoms in total. The molecule has 2 N–H and O–H groups in total. The number of thiophene rings is 1. The summed E-state index contributed by atoms with van der Waals surface area (Å²) in [5, 5.41) is 2.18. The van der Waals surface area contributed by atoms with Gasteiger partial charge in [-0.1, -0.05) is 18.2 Å². The Morgan fingerprint density at radius 2 is 1.82 bits per heavy atom. The number of carbonyl (C=O) groups is 2. The molecule has 8 heteroatoms. The third-order valence-electron chi connectivity index (χ3n) is 11.1. The smallest absolute Gasteiger partial charge is 0.254 e. The van der Waals surface area contributed by atoms with Crippen LogP contribution in [0.5, 0.6) is 5.75 Å². The summed E-state index contributed by atoms with van der Waals surface area (Å²) in [6.07, 6.45) is 4.87. The molecule has 0 spiro atoms. The van der Waals surface area contributed by atoms with Crippen molar-refractivity contribution in [3.8, 4) is 27.4 Å². The molecule has 1 aliphatic heterocycles. The third-order valence-corrected chi connectivity index (χ3v) is 12.3. The van der Waals surface area contributed by atoms with Gasteiger partial charge in [-0.25, -0.2) is 4.39 Å². The second-order valence-electron chi connectivity index (χ2n) is 13.6. The number of fused-ring (bicyclic) bond motifs is 2. The van der Waals surface area contributed by atoms with Crippen molar-refractivity contribution in [2.75, 3.05) is 13.7 Å². The van der Waals surface area contributed by atoms with Crippen LogP contribution in [0.1, 0.15) is 52.0 Å². The van der Waals surface area contributed by atoms with Gasteiger partial charge in [-0.05, 0) is 109 Å². The predicted molar refractivity (Wildman–Crippen MR) is 175 cm³/mol. The van der Waals surface area contributed by atoms with Crippen molar-refractivity contribution in [3.05, 3.63) is 77.1 Å². The molecule has 228 valence electrons. The maximum atomic E-state index is 14.7. The molecule has 3 heterocycles. The highest BCUT2D eigenvalue weighted by molar-refractivity contribution is 7.22. The lowest BCUT2D eigenvalue weighted by Gasteiger charge is -2.52. The molecule has 9 rings (SSSR count). The van der Waals surface area contributed by atoms with Crippen LogP contribution in [0.4, 0.5) is 4.39 Å². The summed E-state index contributed by atoms with van der Waals surface area (Å²) in [6.45, 7) is 3.95. The van der Waals surface area contributed by atoms with E-state index < -0.39 is 11.7 Å². The fourth-order valence-electron chi connectivity index (χ4n) is 8.50. The van der Waals surface area contributed by atoms with E-state index in [1.54, 1.807) is 24.5 Å². The van der Waals surface area contributed by atoms with E-state index in [1.807, 2.05) is 12.1 Å². The topological polar surface area (TPSA) is 77.6 Å². The van der Waals surface area contributed by atoms with Gasteiger partial charge >= 0.3 is 0 Å². The number of hydrogen-bond acceptors (Lipinski definition) is 4. The molecule has 4 fully saturated rings. The van der Waals surface area contributed by atoms with E-state index in [0.717, 1.165) is 80.5 Å². The predicted octanol–water partition coefficient (Wildman–Crippen LogP) is 7.64. The minimum atomic E-state index is -0.774. The maximum Gasteiger partial charge on any atom is 0.254 e. The van der Waals surface area contributed by atoms with Crippen LogP contribution in [0.15, 0.2) is 54.6 Å². The molecule has 0 bridgehead atoms. The van der Waals surface area contributed by atoms with Crippen LogP contribution in [0.25, 0.3) is 42.7 Å². The summed E-state index contributed by atoms with van der Waals surface area (Å²) >= 11 is 1.72. The Hall–Kier alpha value is -4.17. The van der Waals surface area contributed by atoms with Gasteiger partial charge in [-0.3, -0.25) is 9.59 Å². The summed E-state index contributed by atoms with van der Waals surface area (Å²) < 4.78 is 24.1. The largest absolute Gasteiger partial charge is 0.496 e. The molecule has 1 saturated heterocycles. The summed E-state index contributed by atoms with van der Waals surface area (Å²) in [4.78, 5) is 28.7. The molecule has 0 radical (unpaired) electrons. The van der Waals surface area contributed by atoms with Crippen molar-refractivity contribution < 1.29 is 18.7 Å². The summed E-state index contributed by atoms with van der Waals surface area (Å²) in [7, 11) is 1.69. The number of primary amides is 1. The van der Waals surface area contributed by atoms with Crippen molar-refractivity contribution >= 4 is 44.1 Å². The van der Waals surface area contributed by atoms with Crippen LogP contribution in [0, 0.1) is 36.4 Å². The number of benzene rings is 3. The van der Waals surface area contributed by atoms with E-state index in [9.17, 15) is 14.0 Å². The highest BCUT2D eigenvalue weighted by Crippen LogP contribution is 2.61. The van der Waals surface area contributed by atoms with Crippen molar-refractivity contribution in [2.45, 2.75) is 45.2 Å². The number of aromatic nitrogens is 1. The summed E-state index contributed by atoms with van der Waals surface area (Å²) in [6, 6.07) is 17.5. The molecule has 3 aliphatic carbocycles. The number of carbonyl (C=O) groups excluding carboxylic acids is 2. The molecule has 4 aliphatic rings. The number of nitrogens with two attached hydrogens (primary N) is 1. The zero-order valence-electron chi connectivity index (χ0n) is 25.3. The molecule has 2 amide bonds. The zero-order valence-corrected chi connectivity index (χ0v) is 26.1. The van der Waals surface area contributed by atoms with Crippen molar-refractivity contribution in [1.29, 1.82) is 0 Å². The van der Waals surface area contributed by atoms with Gasteiger partial charge in [0.15, 0.2) is 0 Å². The zero-order chi connectivity index (χ0) is 30.7. The molecule has 3 aromatic carbocycles. The Bertz CT molecular complexity index is 2090. The number of halogens is 1. The Kier molecular flexibility index (Phi) is 5.83. The van der Waals surface area contributed by atoms with Gasteiger partial charge in [0.1, 0.15) is 11.6 Å². The molecule has 4 atom stereocenters. The minimum absolute atomic E-state index is 0.107. The average molecular weight is 620 g/mol. The van der Waals surface area contributed by atoms with Gasteiger partial charge in [-0.15, -0.1) is 11.3 Å². The lowest BCUT2D eigenvalue weighted by molar-refractivity contribution is -0.0204. The van der Waals surface area contributed by atoms with Gasteiger partial charge in [0.05, 0.1) is 23.2 Å². The first-order valence-corrected chi connectivity index (χ1v) is 16.8. The normalized spacial score (nSPS) is 23.2. The lowest BCUT2D eigenvalue weighted by Crippen LogP contribution is -2.53. The van der Waals surface area contributed by atoms with Crippen molar-refractivity contribution in [3.63, 3.8) is 0 Å². The van der Waals surface area contributed by atoms with Crippen LogP contribution < -0.4 is 10.5 Å². The second kappa shape index (κ2) is 9.66. The van der Waals surface area contributed by atoms with E-state index in [0.29, 0.717) is 23.4 Å².